The number of allylic oxidation sites excluding steroid dienone is 2. The van der Waals surface area contributed by atoms with Crippen molar-refractivity contribution in [3.63, 3.8) is 0 Å². The average Bonchev–Trinajstić information content (AvgIpc) is 3.37. The largest absolute Gasteiger partial charge is 0.490 e. The highest BCUT2D eigenvalue weighted by Crippen LogP contribution is 2.45. The third-order valence-corrected chi connectivity index (χ3v) is 10.5. The molecule has 0 radical (unpaired) electrons. The number of fused-ring (bicyclic) bond motifs is 3. The van der Waals surface area contributed by atoms with E-state index >= 15 is 0 Å². The monoisotopic (exact) mass is 608 g/mol. The number of thiol groups is 1. The summed E-state index contributed by atoms with van der Waals surface area (Å²) >= 11 is 6.39. The molecule has 224 valence electrons. The fourth-order valence-electron chi connectivity index (χ4n) is 6.83. The van der Waals surface area contributed by atoms with Gasteiger partial charge in [0.05, 0.1) is 18.4 Å². The summed E-state index contributed by atoms with van der Waals surface area (Å²) in [6, 6.07) is 11.6. The molecular weight excluding hydrogens is 568 g/mol. The number of ether oxygens (including phenoxy) is 1. The van der Waals surface area contributed by atoms with Crippen LogP contribution in [0.3, 0.4) is 0 Å². The van der Waals surface area contributed by atoms with Crippen LogP contribution in [0.1, 0.15) is 54.1 Å². The van der Waals surface area contributed by atoms with Crippen molar-refractivity contribution in [1.29, 1.82) is 0 Å². The Balaban J connectivity index is 1.51. The topological polar surface area (TPSA) is 79.2 Å². The highest BCUT2D eigenvalue weighted by atomic mass is 35.5. The van der Waals surface area contributed by atoms with Gasteiger partial charge in [-0.05, 0) is 85.4 Å². The number of carbonyl (C=O) groups excluding carboxylic acids is 1. The summed E-state index contributed by atoms with van der Waals surface area (Å²) in [7, 11) is -2.02. The number of hydrogen-bond donors (Lipinski definition) is 2. The minimum Gasteiger partial charge on any atom is -0.490 e. The Morgan fingerprint density at radius 1 is 1.31 bits per heavy atom. The van der Waals surface area contributed by atoms with E-state index in [9.17, 15) is 14.1 Å². The molecule has 0 saturated heterocycles. The van der Waals surface area contributed by atoms with Gasteiger partial charge in [0.15, 0.2) is 0 Å². The maximum absolute atomic E-state index is 13.2. The molecule has 1 aliphatic heterocycles. The zero-order chi connectivity index (χ0) is 29.9. The van der Waals surface area contributed by atoms with Gasteiger partial charge in [-0.1, -0.05) is 48.9 Å². The summed E-state index contributed by atoms with van der Waals surface area (Å²) in [6.07, 6.45) is 11.5. The number of anilines is 1. The first kappa shape index (κ1) is 30.6. The molecule has 1 spiro atoms. The van der Waals surface area contributed by atoms with Crippen LogP contribution in [0.15, 0.2) is 78.2 Å². The van der Waals surface area contributed by atoms with Crippen molar-refractivity contribution in [2.75, 3.05) is 30.3 Å². The summed E-state index contributed by atoms with van der Waals surface area (Å²) in [5, 5.41) is 11.4. The van der Waals surface area contributed by atoms with Gasteiger partial charge in [0.2, 0.25) is 0 Å². The summed E-state index contributed by atoms with van der Waals surface area (Å²) in [5.41, 5.74) is 3.48. The Labute approximate surface area is 256 Å². The molecule has 3 aliphatic rings. The maximum atomic E-state index is 13.2. The number of amides is 1. The SMILES string of the molecule is C=CC[C@H](C)C/[SH](=O)=N\C(=O)c1ccc2c(c1)N(C[C@@H]1CC=C[C@H]1[C@@H](O)C=C)C[C@@]1(CCCc3cc(Cl)ccc31)CO2. The van der Waals surface area contributed by atoms with E-state index in [-0.39, 0.29) is 23.2 Å². The molecule has 1 amide bonds. The van der Waals surface area contributed by atoms with Crippen molar-refractivity contribution in [2.45, 2.75) is 50.5 Å². The van der Waals surface area contributed by atoms with E-state index < -0.39 is 22.6 Å². The first-order chi connectivity index (χ1) is 20.2. The van der Waals surface area contributed by atoms with E-state index in [2.05, 4.69) is 46.7 Å². The predicted octanol–water partition coefficient (Wildman–Crippen LogP) is 6.57. The van der Waals surface area contributed by atoms with Gasteiger partial charge in [-0.15, -0.1) is 13.2 Å². The van der Waals surface area contributed by atoms with E-state index in [4.69, 9.17) is 16.3 Å². The minimum atomic E-state index is -2.02. The number of rotatable bonds is 9. The van der Waals surface area contributed by atoms with Crippen LogP contribution in [0.25, 0.3) is 0 Å². The average molecular weight is 609 g/mol. The summed E-state index contributed by atoms with van der Waals surface area (Å²) in [4.78, 5) is 15.5. The van der Waals surface area contributed by atoms with Crippen molar-refractivity contribution in [2.24, 2.45) is 22.1 Å². The molecule has 2 aromatic carbocycles. The zero-order valence-corrected chi connectivity index (χ0v) is 25.9. The Morgan fingerprint density at radius 2 is 2.14 bits per heavy atom. The van der Waals surface area contributed by atoms with Gasteiger partial charge in [0.1, 0.15) is 5.75 Å². The molecule has 2 aromatic rings. The van der Waals surface area contributed by atoms with Crippen molar-refractivity contribution in [3.05, 3.63) is 95.6 Å². The van der Waals surface area contributed by atoms with E-state index in [0.717, 1.165) is 42.8 Å². The molecule has 6 nitrogen and oxygen atoms in total. The highest BCUT2D eigenvalue weighted by Gasteiger charge is 2.43. The normalized spacial score (nSPS) is 25.2. The molecule has 1 heterocycles. The van der Waals surface area contributed by atoms with Crippen molar-refractivity contribution in [3.8, 4) is 5.75 Å². The molecule has 0 bridgehead atoms. The van der Waals surface area contributed by atoms with Gasteiger partial charge in [0.25, 0.3) is 5.91 Å². The number of carbonyl (C=O) groups is 1. The fraction of sp³-hybridized carbons (Fsp3) is 0.441. The number of nitrogens with zero attached hydrogens (tertiary/aromatic N) is 2. The van der Waals surface area contributed by atoms with Crippen LogP contribution in [-0.4, -0.2) is 46.8 Å². The summed E-state index contributed by atoms with van der Waals surface area (Å²) in [5.74, 6) is 0.844. The van der Waals surface area contributed by atoms with Crippen LogP contribution >= 0.6 is 11.6 Å². The first-order valence-corrected chi connectivity index (χ1v) is 16.6. The Hall–Kier alpha value is -2.87. The lowest BCUT2D eigenvalue weighted by molar-refractivity contribution is 0.100. The zero-order valence-electron chi connectivity index (χ0n) is 24.3. The van der Waals surface area contributed by atoms with Gasteiger partial charge in [0, 0.05) is 51.4 Å². The van der Waals surface area contributed by atoms with E-state index in [1.54, 1.807) is 18.2 Å². The Bertz CT molecular complexity index is 1470. The molecule has 0 saturated carbocycles. The number of aryl methyl sites for hydroxylation is 1. The Kier molecular flexibility index (Phi) is 9.60. The quantitative estimate of drug-likeness (QED) is 0.249. The molecule has 2 aliphatic carbocycles. The van der Waals surface area contributed by atoms with E-state index in [1.165, 1.54) is 11.1 Å². The second-order valence-corrected chi connectivity index (χ2v) is 13.8. The molecular formula is C34H41ClN2O4S. The number of aliphatic hydroxyl groups excluding tert-OH is 1. The van der Waals surface area contributed by atoms with Crippen LogP contribution in [0.5, 0.6) is 5.75 Å². The molecule has 0 aromatic heterocycles. The minimum absolute atomic E-state index is 0.0371. The summed E-state index contributed by atoms with van der Waals surface area (Å²) in [6.45, 7) is 11.4. The van der Waals surface area contributed by atoms with Crippen molar-refractivity contribution in [1.82, 2.24) is 0 Å². The van der Waals surface area contributed by atoms with Gasteiger partial charge >= 0.3 is 0 Å². The third kappa shape index (κ3) is 6.53. The molecule has 6 atom stereocenters. The lowest BCUT2D eigenvalue weighted by Gasteiger charge is -2.42. The van der Waals surface area contributed by atoms with Crippen LogP contribution in [0, 0.1) is 17.8 Å². The number of benzene rings is 2. The smallest absolute Gasteiger partial charge is 0.284 e. The van der Waals surface area contributed by atoms with E-state index in [1.807, 2.05) is 25.1 Å². The van der Waals surface area contributed by atoms with Gasteiger partial charge < -0.3 is 14.7 Å². The number of aliphatic hydroxyl groups is 1. The standard InChI is InChI=1S/C34H41ClN2O4S/c1-4-8-23(3)20-42(40)36-33(39)25-12-15-32-30(18-25)37(19-26-9-6-11-28(26)31(38)5-2)21-34(22-41-32)16-7-10-24-17-27(35)13-14-29(24)34/h4-6,11-15,17-18,23,26,28,31,38,42H,1-2,7-10,16,19-22H2,3H3/t23-,26-,28+,31-,34-/m0/s1. The van der Waals surface area contributed by atoms with E-state index in [0.29, 0.717) is 36.8 Å². The van der Waals surface area contributed by atoms with Crippen LogP contribution in [-0.2, 0) is 22.4 Å². The number of hydrogen-bond acceptors (Lipinski definition) is 5. The lowest BCUT2D eigenvalue weighted by atomic mass is 9.70. The molecule has 8 heteroatoms. The second kappa shape index (κ2) is 13.2. The maximum Gasteiger partial charge on any atom is 0.284 e. The lowest BCUT2D eigenvalue weighted by Crippen LogP contribution is -2.47. The molecule has 1 N–H and O–H groups in total. The molecule has 1 unspecified atom stereocenters. The molecule has 0 fully saturated rings. The van der Waals surface area contributed by atoms with Crippen LogP contribution < -0.4 is 9.64 Å². The predicted molar refractivity (Wildman–Crippen MR) is 172 cm³/mol. The van der Waals surface area contributed by atoms with Crippen LogP contribution in [0.2, 0.25) is 5.02 Å². The number of halogens is 1. The van der Waals surface area contributed by atoms with Crippen molar-refractivity contribution >= 4 is 33.8 Å². The third-order valence-electron chi connectivity index (χ3n) is 8.96. The van der Waals surface area contributed by atoms with Gasteiger partial charge in [-0.2, -0.15) is 4.36 Å². The second-order valence-electron chi connectivity index (χ2n) is 12.1. The molecule has 5 rings (SSSR count). The highest BCUT2D eigenvalue weighted by molar-refractivity contribution is 7.75. The van der Waals surface area contributed by atoms with Crippen molar-refractivity contribution < 1.29 is 18.8 Å². The van der Waals surface area contributed by atoms with Gasteiger partial charge in [-0.25, -0.2) is 0 Å². The van der Waals surface area contributed by atoms with Crippen LogP contribution in [0.4, 0.5) is 5.69 Å². The summed E-state index contributed by atoms with van der Waals surface area (Å²) < 4.78 is 23.3. The first-order valence-electron chi connectivity index (χ1n) is 14.8. The molecule has 42 heavy (non-hydrogen) atoms. The fourth-order valence-corrected chi connectivity index (χ4v) is 8.10. The van der Waals surface area contributed by atoms with Gasteiger partial charge in [-0.3, -0.25) is 9.00 Å². The Morgan fingerprint density at radius 3 is 2.93 bits per heavy atom.